The molecule has 5 rings (SSSR count). The fourth-order valence-electron chi connectivity index (χ4n) is 8.33. The number of hydrogen-bond acceptors (Lipinski definition) is 3. The number of nitrogens with zero attached hydrogens (tertiary/aromatic N) is 1. The Morgan fingerprint density at radius 2 is 1.82 bits per heavy atom. The van der Waals surface area contributed by atoms with Crippen LogP contribution in [0.4, 0.5) is 18.9 Å². The van der Waals surface area contributed by atoms with Crippen molar-refractivity contribution >= 4 is 17.3 Å². The van der Waals surface area contributed by atoms with Crippen molar-refractivity contribution in [1.82, 2.24) is 0 Å². The second-order valence-electron chi connectivity index (χ2n) is 12.3. The van der Waals surface area contributed by atoms with Gasteiger partial charge < -0.3 is 4.90 Å². The van der Waals surface area contributed by atoms with Crippen LogP contribution in [-0.4, -0.2) is 31.8 Å². The first kappa shape index (κ1) is 26.8. The third-order valence-corrected chi connectivity index (χ3v) is 10.1. The Labute approximate surface area is 223 Å². The molecule has 0 N–H and O–H groups in total. The first-order valence-corrected chi connectivity index (χ1v) is 13.6. The SMILES string of the molecule is CC(=O)[C@@]1(C#CC(F)(F)F)CC[C@H]2[C@@H]3CC(C)C4=CC(=O)CCC4=C3[C@@H](c3ccc(N(C)C)cc3)C[C@@]21C. The van der Waals surface area contributed by atoms with Gasteiger partial charge in [0.05, 0.1) is 5.41 Å². The minimum atomic E-state index is -4.65. The second kappa shape index (κ2) is 9.14. The van der Waals surface area contributed by atoms with Gasteiger partial charge in [-0.05, 0) is 97.1 Å². The lowest BCUT2D eigenvalue weighted by Gasteiger charge is -2.55. The molecule has 0 radical (unpaired) electrons. The Hall–Kier alpha value is -2.81. The number of Topliss-reactive ketones (excluding diaryl/α,β-unsaturated/α-hetero) is 1. The van der Waals surface area contributed by atoms with Crippen LogP contribution in [0.5, 0.6) is 0 Å². The molecule has 0 amide bonds. The number of rotatable bonds is 3. The molecule has 0 heterocycles. The van der Waals surface area contributed by atoms with Crippen LogP contribution in [0.1, 0.15) is 70.8 Å². The Morgan fingerprint density at radius 3 is 2.42 bits per heavy atom. The largest absolute Gasteiger partial charge is 0.457 e. The second-order valence-corrected chi connectivity index (χ2v) is 12.3. The van der Waals surface area contributed by atoms with Gasteiger partial charge in [0.25, 0.3) is 0 Å². The van der Waals surface area contributed by atoms with Gasteiger partial charge in [-0.15, -0.1) is 0 Å². The van der Waals surface area contributed by atoms with Crippen LogP contribution in [0.25, 0.3) is 0 Å². The molecule has 2 saturated carbocycles. The zero-order valence-corrected chi connectivity index (χ0v) is 22.8. The molecule has 3 nitrogen and oxygen atoms in total. The van der Waals surface area contributed by atoms with E-state index in [9.17, 15) is 22.8 Å². The highest BCUT2D eigenvalue weighted by atomic mass is 19.4. The Bertz CT molecular complexity index is 1290. The zero-order valence-electron chi connectivity index (χ0n) is 22.8. The molecule has 0 bridgehead atoms. The van der Waals surface area contributed by atoms with E-state index in [0.29, 0.717) is 32.1 Å². The van der Waals surface area contributed by atoms with E-state index in [1.54, 1.807) is 0 Å². The molecule has 4 aliphatic rings. The fourth-order valence-corrected chi connectivity index (χ4v) is 8.33. The summed E-state index contributed by atoms with van der Waals surface area (Å²) in [5.74, 6) is 4.32. The Balaban J connectivity index is 1.72. The van der Waals surface area contributed by atoms with Gasteiger partial charge in [-0.1, -0.05) is 37.5 Å². The van der Waals surface area contributed by atoms with Crippen LogP contribution in [-0.2, 0) is 9.59 Å². The van der Waals surface area contributed by atoms with Crippen LogP contribution in [0.3, 0.4) is 0 Å². The summed E-state index contributed by atoms with van der Waals surface area (Å²) in [6.45, 7) is 5.61. The van der Waals surface area contributed by atoms with Gasteiger partial charge >= 0.3 is 6.18 Å². The number of anilines is 1. The molecule has 1 aromatic rings. The highest BCUT2D eigenvalue weighted by Gasteiger charge is 2.65. The lowest BCUT2D eigenvalue weighted by atomic mass is 9.47. The normalized spacial score (nSPS) is 34.4. The van der Waals surface area contributed by atoms with Gasteiger partial charge in [0.2, 0.25) is 0 Å². The van der Waals surface area contributed by atoms with Gasteiger partial charge in [-0.3, -0.25) is 9.59 Å². The highest BCUT2D eigenvalue weighted by molar-refractivity contribution is 5.93. The first-order valence-electron chi connectivity index (χ1n) is 13.6. The van der Waals surface area contributed by atoms with Gasteiger partial charge in [0.1, 0.15) is 5.78 Å². The quantitative estimate of drug-likeness (QED) is 0.399. The lowest BCUT2D eigenvalue weighted by Crippen LogP contribution is -2.50. The maximum absolute atomic E-state index is 13.3. The van der Waals surface area contributed by atoms with E-state index < -0.39 is 17.0 Å². The average Bonchev–Trinajstić information content (AvgIpc) is 3.15. The maximum Gasteiger partial charge on any atom is 0.457 e. The molecule has 0 saturated heterocycles. The number of allylic oxidation sites excluding steroid dienone is 4. The third kappa shape index (κ3) is 4.14. The molecule has 38 heavy (non-hydrogen) atoms. The average molecular weight is 524 g/mol. The van der Waals surface area contributed by atoms with Crippen LogP contribution in [0.2, 0.25) is 0 Å². The number of carbonyl (C=O) groups excluding carboxylic acids is 2. The maximum atomic E-state index is 13.3. The molecule has 202 valence electrons. The highest BCUT2D eigenvalue weighted by Crippen LogP contribution is 2.70. The summed E-state index contributed by atoms with van der Waals surface area (Å²) >= 11 is 0. The van der Waals surface area contributed by atoms with Gasteiger partial charge in [-0.2, -0.15) is 13.2 Å². The standard InChI is InChI=1S/C32H36F3NO2/c1-19-16-26-28-12-13-31(20(2)37,14-15-32(33,34)35)30(28,3)18-27(21-6-8-22(9-7-21)36(4)5)29(26)24-11-10-23(38)17-25(19)24/h6-9,17,19,26-28H,10-13,16,18H2,1-5H3/t19?,26-,27+,28-,30-,31-/m0/s1. The van der Waals surface area contributed by atoms with E-state index in [2.05, 4.69) is 37.1 Å². The smallest absolute Gasteiger partial charge is 0.378 e. The molecule has 0 spiro atoms. The number of alkyl halides is 3. The number of halogens is 3. The fraction of sp³-hybridized carbons (Fsp3) is 0.562. The first-order chi connectivity index (χ1) is 17.8. The molecule has 0 aromatic heterocycles. The van der Waals surface area contributed by atoms with E-state index in [0.717, 1.165) is 23.2 Å². The van der Waals surface area contributed by atoms with Gasteiger partial charge in [-0.25, -0.2) is 0 Å². The summed E-state index contributed by atoms with van der Waals surface area (Å²) in [7, 11) is 3.97. The molecular formula is C32H36F3NO2. The van der Waals surface area contributed by atoms with Crippen molar-refractivity contribution in [2.75, 3.05) is 19.0 Å². The van der Waals surface area contributed by atoms with E-state index in [4.69, 9.17) is 0 Å². The summed E-state index contributed by atoms with van der Waals surface area (Å²) in [4.78, 5) is 27.7. The summed E-state index contributed by atoms with van der Waals surface area (Å²) in [6.07, 6.45) is 0.826. The number of ketones is 2. The molecule has 0 aliphatic heterocycles. The predicted molar refractivity (Wildman–Crippen MR) is 143 cm³/mol. The monoisotopic (exact) mass is 523 g/mol. The van der Waals surface area contributed by atoms with Crippen molar-refractivity contribution in [3.05, 3.63) is 52.6 Å². The van der Waals surface area contributed by atoms with Crippen molar-refractivity contribution in [1.29, 1.82) is 0 Å². The Kier molecular flexibility index (Phi) is 6.44. The summed E-state index contributed by atoms with van der Waals surface area (Å²) < 4.78 is 40.0. The van der Waals surface area contributed by atoms with Gasteiger partial charge in [0, 0.05) is 38.0 Å². The van der Waals surface area contributed by atoms with E-state index in [-0.39, 0.29) is 35.2 Å². The summed E-state index contributed by atoms with van der Waals surface area (Å²) in [5, 5.41) is 0. The molecule has 6 heteroatoms. The molecule has 2 fully saturated rings. The zero-order chi connectivity index (χ0) is 27.6. The third-order valence-electron chi connectivity index (χ3n) is 10.1. The summed E-state index contributed by atoms with van der Waals surface area (Å²) in [5.41, 5.74) is 3.93. The number of hydrogen-bond donors (Lipinski definition) is 0. The summed E-state index contributed by atoms with van der Waals surface area (Å²) in [6, 6.07) is 8.39. The van der Waals surface area contributed by atoms with Crippen LogP contribution < -0.4 is 4.90 Å². The van der Waals surface area contributed by atoms with Crippen molar-refractivity contribution in [3.63, 3.8) is 0 Å². The van der Waals surface area contributed by atoms with E-state index in [1.807, 2.05) is 32.0 Å². The molecule has 1 aromatic carbocycles. The molecule has 6 atom stereocenters. The van der Waals surface area contributed by atoms with Crippen LogP contribution in [0.15, 0.2) is 47.1 Å². The minimum Gasteiger partial charge on any atom is -0.378 e. The topological polar surface area (TPSA) is 37.4 Å². The molecule has 1 unspecified atom stereocenters. The number of carbonyl (C=O) groups is 2. The van der Waals surface area contributed by atoms with Crippen molar-refractivity contribution in [2.45, 2.75) is 71.4 Å². The van der Waals surface area contributed by atoms with Gasteiger partial charge in [0.15, 0.2) is 5.78 Å². The minimum absolute atomic E-state index is 0.0407. The van der Waals surface area contributed by atoms with Crippen molar-refractivity contribution < 1.29 is 22.8 Å². The molecular weight excluding hydrogens is 487 g/mol. The van der Waals surface area contributed by atoms with E-state index >= 15 is 0 Å². The number of benzene rings is 1. The molecule has 4 aliphatic carbocycles. The van der Waals surface area contributed by atoms with Crippen LogP contribution in [0, 0.1) is 40.4 Å². The number of fused-ring (bicyclic) bond motifs is 4. The van der Waals surface area contributed by atoms with Crippen molar-refractivity contribution in [3.8, 4) is 11.8 Å². The van der Waals surface area contributed by atoms with E-state index in [1.165, 1.54) is 24.0 Å². The lowest BCUT2D eigenvalue weighted by molar-refractivity contribution is -0.130. The van der Waals surface area contributed by atoms with Crippen LogP contribution >= 0.6 is 0 Å². The van der Waals surface area contributed by atoms with Crippen molar-refractivity contribution in [2.24, 2.45) is 28.6 Å². The Morgan fingerprint density at radius 1 is 1.13 bits per heavy atom. The predicted octanol–water partition coefficient (Wildman–Crippen LogP) is 7.04.